The summed E-state index contributed by atoms with van der Waals surface area (Å²) in [5.41, 5.74) is 3.98. The Labute approximate surface area is 152 Å². The number of hydrogen-bond donors (Lipinski definition) is 2. The third kappa shape index (κ3) is 3.67. The van der Waals surface area contributed by atoms with Gasteiger partial charge in [-0.3, -0.25) is 15.0 Å². The van der Waals surface area contributed by atoms with Crippen molar-refractivity contribution in [3.63, 3.8) is 0 Å². The second-order valence-corrected chi connectivity index (χ2v) is 6.41. The molecule has 0 saturated carbocycles. The van der Waals surface area contributed by atoms with Gasteiger partial charge < -0.3 is 10.6 Å². The number of aromatic nitrogens is 5. The van der Waals surface area contributed by atoms with Crippen molar-refractivity contribution < 1.29 is 0 Å². The summed E-state index contributed by atoms with van der Waals surface area (Å²) in [7, 11) is 0. The predicted octanol–water partition coefficient (Wildman–Crippen LogP) is 2.02. The summed E-state index contributed by atoms with van der Waals surface area (Å²) in [6.07, 6.45) is 8.67. The van der Waals surface area contributed by atoms with E-state index in [4.69, 9.17) is 9.97 Å². The summed E-state index contributed by atoms with van der Waals surface area (Å²) in [4.78, 5) is 22.4. The highest BCUT2D eigenvalue weighted by molar-refractivity contribution is 5.57. The Bertz CT molecular complexity index is 868. The topological polar surface area (TPSA) is 88.5 Å². The molecule has 1 atom stereocenters. The van der Waals surface area contributed by atoms with Gasteiger partial charge in [-0.05, 0) is 32.0 Å². The Morgan fingerprint density at radius 3 is 2.92 bits per heavy atom. The van der Waals surface area contributed by atoms with Crippen LogP contribution in [0.3, 0.4) is 0 Å². The van der Waals surface area contributed by atoms with Gasteiger partial charge in [-0.25, -0.2) is 9.97 Å². The van der Waals surface area contributed by atoms with Gasteiger partial charge in [0.15, 0.2) is 5.82 Å². The van der Waals surface area contributed by atoms with E-state index in [-0.39, 0.29) is 6.04 Å². The Kier molecular flexibility index (Phi) is 4.79. The van der Waals surface area contributed by atoms with Crippen LogP contribution in [-0.4, -0.2) is 37.5 Å². The summed E-state index contributed by atoms with van der Waals surface area (Å²) in [6, 6.07) is 5.96. The highest BCUT2D eigenvalue weighted by atomic mass is 15.1. The van der Waals surface area contributed by atoms with Gasteiger partial charge in [0.2, 0.25) is 0 Å². The zero-order chi connectivity index (χ0) is 17.8. The molecular weight excluding hydrogens is 326 g/mol. The number of rotatable bonds is 5. The number of nitrogens with one attached hydrogen (secondary N) is 2. The lowest BCUT2D eigenvalue weighted by Gasteiger charge is -2.23. The van der Waals surface area contributed by atoms with Crippen LogP contribution in [0.4, 0.5) is 5.82 Å². The molecule has 0 radical (unpaired) electrons. The van der Waals surface area contributed by atoms with E-state index in [1.165, 1.54) is 5.56 Å². The average molecular weight is 347 g/mol. The maximum Gasteiger partial charge on any atom is 0.180 e. The molecule has 4 rings (SSSR count). The van der Waals surface area contributed by atoms with Gasteiger partial charge in [0.05, 0.1) is 11.4 Å². The molecule has 0 fully saturated rings. The molecule has 26 heavy (non-hydrogen) atoms. The van der Waals surface area contributed by atoms with E-state index in [1.807, 2.05) is 18.2 Å². The lowest BCUT2D eigenvalue weighted by atomic mass is 10.1. The highest BCUT2D eigenvalue weighted by Crippen LogP contribution is 2.24. The van der Waals surface area contributed by atoms with Crippen LogP contribution in [0.1, 0.15) is 23.9 Å². The number of nitrogens with zero attached hydrogens (tertiary/aromatic N) is 5. The molecule has 3 aromatic heterocycles. The molecule has 7 heteroatoms. The van der Waals surface area contributed by atoms with Gasteiger partial charge in [0.25, 0.3) is 0 Å². The third-order valence-electron chi connectivity index (χ3n) is 4.35. The van der Waals surface area contributed by atoms with Crippen molar-refractivity contribution in [2.75, 3.05) is 11.9 Å². The zero-order valence-electron chi connectivity index (χ0n) is 14.7. The SMILES string of the molecule is C[C@@H](Cc1cnccn1)Nc1nc(-c2ccccn2)nc2c1CCNC2. The summed E-state index contributed by atoms with van der Waals surface area (Å²) < 4.78 is 0. The van der Waals surface area contributed by atoms with Gasteiger partial charge in [-0.2, -0.15) is 0 Å². The van der Waals surface area contributed by atoms with Crippen LogP contribution < -0.4 is 10.6 Å². The van der Waals surface area contributed by atoms with E-state index in [0.29, 0.717) is 5.82 Å². The van der Waals surface area contributed by atoms with Crippen LogP contribution in [0.15, 0.2) is 43.0 Å². The van der Waals surface area contributed by atoms with Crippen LogP contribution in [0.5, 0.6) is 0 Å². The molecule has 0 spiro atoms. The number of hydrogen-bond acceptors (Lipinski definition) is 7. The molecule has 0 amide bonds. The molecule has 132 valence electrons. The van der Waals surface area contributed by atoms with E-state index in [0.717, 1.165) is 48.8 Å². The Morgan fingerprint density at radius 2 is 2.12 bits per heavy atom. The minimum absolute atomic E-state index is 0.178. The minimum atomic E-state index is 0.178. The first-order chi connectivity index (χ1) is 12.8. The number of fused-ring (bicyclic) bond motifs is 1. The lowest BCUT2D eigenvalue weighted by Crippen LogP contribution is -2.28. The van der Waals surface area contributed by atoms with Crippen molar-refractivity contribution in [3.8, 4) is 11.5 Å². The molecule has 4 heterocycles. The molecule has 0 aliphatic carbocycles. The summed E-state index contributed by atoms with van der Waals surface area (Å²) >= 11 is 0. The quantitative estimate of drug-likeness (QED) is 0.730. The van der Waals surface area contributed by atoms with Gasteiger partial charge in [-0.1, -0.05) is 6.07 Å². The molecule has 3 aromatic rings. The molecule has 1 aliphatic heterocycles. The fraction of sp³-hybridized carbons (Fsp3) is 0.316. The first kappa shape index (κ1) is 16.5. The number of anilines is 1. The monoisotopic (exact) mass is 347 g/mol. The normalized spacial score (nSPS) is 14.5. The van der Waals surface area contributed by atoms with E-state index >= 15 is 0 Å². The highest BCUT2D eigenvalue weighted by Gasteiger charge is 2.20. The predicted molar refractivity (Wildman–Crippen MR) is 99.5 cm³/mol. The van der Waals surface area contributed by atoms with Gasteiger partial charge >= 0.3 is 0 Å². The van der Waals surface area contributed by atoms with Crippen LogP contribution in [0.2, 0.25) is 0 Å². The Balaban J connectivity index is 1.63. The van der Waals surface area contributed by atoms with Crippen LogP contribution in [0.25, 0.3) is 11.5 Å². The van der Waals surface area contributed by atoms with E-state index in [2.05, 4.69) is 32.5 Å². The average Bonchev–Trinajstić information content (AvgIpc) is 2.69. The van der Waals surface area contributed by atoms with Crippen molar-refractivity contribution in [1.29, 1.82) is 0 Å². The van der Waals surface area contributed by atoms with Gasteiger partial charge in [0.1, 0.15) is 11.5 Å². The largest absolute Gasteiger partial charge is 0.367 e. The molecule has 0 aromatic carbocycles. The van der Waals surface area contributed by atoms with E-state index < -0.39 is 0 Å². The Morgan fingerprint density at radius 1 is 1.15 bits per heavy atom. The summed E-state index contributed by atoms with van der Waals surface area (Å²) in [6.45, 7) is 3.82. The Hall–Kier alpha value is -2.93. The van der Waals surface area contributed by atoms with Gasteiger partial charge in [0, 0.05) is 49.4 Å². The molecule has 0 saturated heterocycles. The maximum absolute atomic E-state index is 4.79. The maximum atomic E-state index is 4.79. The molecular formula is C19H21N7. The van der Waals surface area contributed by atoms with Crippen molar-refractivity contribution in [1.82, 2.24) is 30.2 Å². The van der Waals surface area contributed by atoms with E-state index in [9.17, 15) is 0 Å². The smallest absolute Gasteiger partial charge is 0.180 e. The minimum Gasteiger partial charge on any atom is -0.367 e. The standard InChI is InChI=1S/C19H21N7/c1-13(10-14-11-21-8-9-22-14)24-18-15-5-7-20-12-17(15)25-19(26-18)16-4-2-3-6-23-16/h2-4,6,8-9,11,13,20H,5,7,10,12H2,1H3,(H,24,25,26)/t13-/m0/s1. The fourth-order valence-corrected chi connectivity index (χ4v) is 3.12. The zero-order valence-corrected chi connectivity index (χ0v) is 14.7. The first-order valence-corrected chi connectivity index (χ1v) is 8.83. The molecule has 0 bridgehead atoms. The second kappa shape index (κ2) is 7.53. The summed E-state index contributed by atoms with van der Waals surface area (Å²) in [5, 5.41) is 6.94. The number of pyridine rings is 1. The second-order valence-electron chi connectivity index (χ2n) is 6.41. The summed E-state index contributed by atoms with van der Waals surface area (Å²) in [5.74, 6) is 1.55. The third-order valence-corrected chi connectivity index (χ3v) is 4.35. The van der Waals surface area contributed by atoms with Crippen LogP contribution in [-0.2, 0) is 19.4 Å². The van der Waals surface area contributed by atoms with Crippen molar-refractivity contribution >= 4 is 5.82 Å². The molecule has 1 aliphatic rings. The first-order valence-electron chi connectivity index (χ1n) is 8.83. The van der Waals surface area contributed by atoms with Crippen molar-refractivity contribution in [2.24, 2.45) is 0 Å². The van der Waals surface area contributed by atoms with Crippen LogP contribution >= 0.6 is 0 Å². The fourth-order valence-electron chi connectivity index (χ4n) is 3.12. The van der Waals surface area contributed by atoms with Crippen molar-refractivity contribution in [2.45, 2.75) is 32.4 Å². The van der Waals surface area contributed by atoms with Crippen LogP contribution in [0, 0.1) is 0 Å². The molecule has 0 unspecified atom stereocenters. The van der Waals surface area contributed by atoms with Crippen molar-refractivity contribution in [3.05, 3.63) is 59.9 Å². The molecule has 7 nitrogen and oxygen atoms in total. The lowest BCUT2D eigenvalue weighted by molar-refractivity contribution is 0.623. The van der Waals surface area contributed by atoms with E-state index in [1.54, 1.807) is 24.8 Å². The molecule has 2 N–H and O–H groups in total. The van der Waals surface area contributed by atoms with Gasteiger partial charge in [-0.15, -0.1) is 0 Å².